The summed E-state index contributed by atoms with van der Waals surface area (Å²) < 4.78 is 13.8. The second-order valence-electron chi connectivity index (χ2n) is 4.58. The van der Waals surface area contributed by atoms with Crippen LogP contribution >= 0.6 is 11.3 Å². The van der Waals surface area contributed by atoms with Gasteiger partial charge in [-0.2, -0.15) is 0 Å². The fourth-order valence-corrected chi connectivity index (χ4v) is 3.03. The highest BCUT2D eigenvalue weighted by atomic mass is 32.1. The second-order valence-corrected chi connectivity index (χ2v) is 5.69. The third kappa shape index (κ3) is 2.15. The fourth-order valence-electron chi connectivity index (χ4n) is 2.31. The molecule has 96 valence electrons. The largest absolute Gasteiger partial charge is 0.384 e. The zero-order chi connectivity index (χ0) is 13.4. The van der Waals surface area contributed by atoms with Crippen LogP contribution in [0.15, 0.2) is 47.8 Å². The number of aliphatic hydroxyl groups excluding tert-OH is 1. The van der Waals surface area contributed by atoms with Gasteiger partial charge in [-0.1, -0.05) is 30.3 Å². The molecule has 1 atom stereocenters. The maximum atomic E-state index is 13.8. The van der Waals surface area contributed by atoms with Crippen molar-refractivity contribution in [1.29, 1.82) is 0 Å². The molecule has 3 aromatic rings. The highest BCUT2D eigenvalue weighted by molar-refractivity contribution is 7.10. The zero-order valence-corrected chi connectivity index (χ0v) is 11.2. The summed E-state index contributed by atoms with van der Waals surface area (Å²) >= 11 is 1.60. The molecule has 0 radical (unpaired) electrons. The number of aryl methyl sites for hydroxylation is 1. The van der Waals surface area contributed by atoms with E-state index >= 15 is 0 Å². The standard InChI is InChI=1S/C16H13FOS/c1-10-8-11(9-19-10)16(18)14-6-7-15(17)13-5-3-2-4-12(13)14/h2-9,16,18H,1H3. The van der Waals surface area contributed by atoms with Crippen molar-refractivity contribution in [3.63, 3.8) is 0 Å². The Morgan fingerprint density at radius 2 is 1.84 bits per heavy atom. The van der Waals surface area contributed by atoms with Gasteiger partial charge < -0.3 is 5.11 Å². The molecular formula is C16H13FOS. The van der Waals surface area contributed by atoms with E-state index in [1.165, 1.54) is 6.07 Å². The first-order chi connectivity index (χ1) is 9.16. The summed E-state index contributed by atoms with van der Waals surface area (Å²) in [6, 6.07) is 12.3. The number of benzene rings is 2. The molecule has 1 N–H and O–H groups in total. The van der Waals surface area contributed by atoms with Crippen molar-refractivity contribution in [2.45, 2.75) is 13.0 Å². The number of halogens is 1. The van der Waals surface area contributed by atoms with Crippen LogP contribution in [0.2, 0.25) is 0 Å². The maximum Gasteiger partial charge on any atom is 0.131 e. The van der Waals surface area contributed by atoms with E-state index in [9.17, 15) is 9.50 Å². The van der Waals surface area contributed by atoms with Gasteiger partial charge in [0.2, 0.25) is 0 Å². The average Bonchev–Trinajstić information content (AvgIpc) is 2.86. The summed E-state index contributed by atoms with van der Waals surface area (Å²) in [5.41, 5.74) is 1.61. The molecule has 0 bridgehead atoms. The van der Waals surface area contributed by atoms with Crippen molar-refractivity contribution in [2.75, 3.05) is 0 Å². The number of hydrogen-bond donors (Lipinski definition) is 1. The van der Waals surface area contributed by atoms with E-state index in [0.717, 1.165) is 21.4 Å². The van der Waals surface area contributed by atoms with E-state index in [1.54, 1.807) is 29.5 Å². The molecule has 3 rings (SSSR count). The molecule has 0 fully saturated rings. The topological polar surface area (TPSA) is 20.2 Å². The van der Waals surface area contributed by atoms with Crippen molar-refractivity contribution in [3.05, 3.63) is 69.7 Å². The lowest BCUT2D eigenvalue weighted by atomic mass is 9.97. The van der Waals surface area contributed by atoms with Crippen LogP contribution in [0.25, 0.3) is 10.8 Å². The Kier molecular flexibility index (Phi) is 3.09. The SMILES string of the molecule is Cc1cc(C(O)c2ccc(F)c3ccccc23)cs1. The monoisotopic (exact) mass is 272 g/mol. The van der Waals surface area contributed by atoms with Gasteiger partial charge in [-0.25, -0.2) is 4.39 Å². The van der Waals surface area contributed by atoms with E-state index in [0.29, 0.717) is 5.39 Å². The number of hydrogen-bond acceptors (Lipinski definition) is 2. The molecule has 19 heavy (non-hydrogen) atoms. The van der Waals surface area contributed by atoms with Crippen LogP contribution in [-0.4, -0.2) is 5.11 Å². The summed E-state index contributed by atoms with van der Waals surface area (Å²) in [7, 11) is 0. The first-order valence-electron chi connectivity index (χ1n) is 6.07. The number of aliphatic hydroxyl groups is 1. The lowest BCUT2D eigenvalue weighted by Gasteiger charge is -2.13. The van der Waals surface area contributed by atoms with Gasteiger partial charge in [-0.15, -0.1) is 11.3 Å². The average molecular weight is 272 g/mol. The molecule has 3 heteroatoms. The molecule has 1 aromatic heterocycles. The number of thiophene rings is 1. The van der Waals surface area contributed by atoms with Crippen molar-refractivity contribution in [3.8, 4) is 0 Å². The molecular weight excluding hydrogens is 259 g/mol. The molecule has 0 saturated heterocycles. The molecule has 0 aliphatic rings. The van der Waals surface area contributed by atoms with E-state index in [1.807, 2.05) is 30.5 Å². The van der Waals surface area contributed by atoms with Crippen LogP contribution in [0.4, 0.5) is 4.39 Å². The Balaban J connectivity index is 2.18. The molecule has 0 saturated carbocycles. The predicted octanol–water partition coefficient (Wildman–Crippen LogP) is 4.43. The Morgan fingerprint density at radius 3 is 2.53 bits per heavy atom. The zero-order valence-electron chi connectivity index (χ0n) is 10.4. The molecule has 0 amide bonds. The van der Waals surface area contributed by atoms with E-state index in [-0.39, 0.29) is 5.82 Å². The van der Waals surface area contributed by atoms with Crippen molar-refractivity contribution >= 4 is 22.1 Å². The van der Waals surface area contributed by atoms with Gasteiger partial charge in [-0.3, -0.25) is 0 Å². The minimum absolute atomic E-state index is 0.256. The predicted molar refractivity (Wildman–Crippen MR) is 77.0 cm³/mol. The first-order valence-corrected chi connectivity index (χ1v) is 6.95. The minimum Gasteiger partial charge on any atom is -0.384 e. The van der Waals surface area contributed by atoms with Crippen LogP contribution in [0.5, 0.6) is 0 Å². The van der Waals surface area contributed by atoms with Crippen LogP contribution < -0.4 is 0 Å². The molecule has 1 heterocycles. The summed E-state index contributed by atoms with van der Waals surface area (Å²) in [6.45, 7) is 2.00. The van der Waals surface area contributed by atoms with Gasteiger partial charge in [0.05, 0.1) is 0 Å². The minimum atomic E-state index is -0.713. The Labute approximate surface area is 115 Å². The number of fused-ring (bicyclic) bond motifs is 1. The molecule has 0 aliphatic carbocycles. The Hall–Kier alpha value is -1.71. The highest BCUT2D eigenvalue weighted by Gasteiger charge is 2.15. The molecule has 0 spiro atoms. The normalized spacial score (nSPS) is 12.8. The van der Waals surface area contributed by atoms with Crippen LogP contribution in [0.3, 0.4) is 0 Å². The molecule has 0 aliphatic heterocycles. The van der Waals surface area contributed by atoms with Gasteiger partial charge >= 0.3 is 0 Å². The van der Waals surface area contributed by atoms with Crippen molar-refractivity contribution < 1.29 is 9.50 Å². The van der Waals surface area contributed by atoms with Gasteiger partial charge in [0, 0.05) is 10.3 Å². The van der Waals surface area contributed by atoms with Gasteiger partial charge in [-0.05, 0) is 40.9 Å². The summed E-state index contributed by atoms with van der Waals surface area (Å²) in [5.74, 6) is -0.256. The highest BCUT2D eigenvalue weighted by Crippen LogP contribution is 2.32. The third-order valence-electron chi connectivity index (χ3n) is 3.27. The van der Waals surface area contributed by atoms with Crippen LogP contribution in [0.1, 0.15) is 22.1 Å². The van der Waals surface area contributed by atoms with Gasteiger partial charge in [0.15, 0.2) is 0 Å². The van der Waals surface area contributed by atoms with Crippen molar-refractivity contribution in [1.82, 2.24) is 0 Å². The van der Waals surface area contributed by atoms with Gasteiger partial charge in [0.25, 0.3) is 0 Å². The van der Waals surface area contributed by atoms with Crippen LogP contribution in [-0.2, 0) is 0 Å². The fraction of sp³-hybridized carbons (Fsp3) is 0.125. The second kappa shape index (κ2) is 4.76. The maximum absolute atomic E-state index is 13.8. The van der Waals surface area contributed by atoms with E-state index < -0.39 is 6.10 Å². The first kappa shape index (κ1) is 12.3. The lowest BCUT2D eigenvalue weighted by Crippen LogP contribution is -1.99. The third-order valence-corrected chi connectivity index (χ3v) is 4.15. The van der Waals surface area contributed by atoms with E-state index in [2.05, 4.69) is 0 Å². The summed E-state index contributed by atoms with van der Waals surface area (Å²) in [5, 5.41) is 13.7. The van der Waals surface area contributed by atoms with Crippen LogP contribution in [0, 0.1) is 12.7 Å². The summed E-state index contributed by atoms with van der Waals surface area (Å²) in [4.78, 5) is 1.15. The Bertz CT molecular complexity index is 732. The smallest absolute Gasteiger partial charge is 0.131 e. The van der Waals surface area contributed by atoms with Crippen molar-refractivity contribution in [2.24, 2.45) is 0 Å². The molecule has 1 unspecified atom stereocenters. The Morgan fingerprint density at radius 1 is 1.11 bits per heavy atom. The number of rotatable bonds is 2. The summed E-state index contributed by atoms with van der Waals surface area (Å²) in [6.07, 6.45) is -0.713. The quantitative estimate of drug-likeness (QED) is 0.731. The van der Waals surface area contributed by atoms with Gasteiger partial charge in [0.1, 0.15) is 11.9 Å². The lowest BCUT2D eigenvalue weighted by molar-refractivity contribution is 0.222. The molecule has 1 nitrogen and oxygen atoms in total. The van der Waals surface area contributed by atoms with E-state index in [4.69, 9.17) is 0 Å². The molecule has 2 aromatic carbocycles.